The number of rotatable bonds is 7. The molecule has 3 rings (SSSR count). The van der Waals surface area contributed by atoms with Crippen molar-refractivity contribution in [3.63, 3.8) is 0 Å². The predicted molar refractivity (Wildman–Crippen MR) is 122 cm³/mol. The number of nitrogens with zero attached hydrogens (tertiary/aromatic N) is 3. The molecule has 1 heterocycles. The third kappa shape index (κ3) is 5.17. The third-order valence-electron chi connectivity index (χ3n) is 4.72. The smallest absolute Gasteiger partial charge is 0.326 e. The lowest BCUT2D eigenvalue weighted by Crippen LogP contribution is -2.23. The SMILES string of the molecule is CCOC(=O)Cn1c(=NC(=O)c2ccc(S(=O)(=O)C(C)C)cc2)sc2ccc([N+](=O)[O-])cc21. The molecule has 0 atom stereocenters. The van der Waals surface area contributed by atoms with Gasteiger partial charge in [0.05, 0.1) is 31.9 Å². The van der Waals surface area contributed by atoms with Crippen molar-refractivity contribution in [2.24, 2.45) is 4.99 Å². The summed E-state index contributed by atoms with van der Waals surface area (Å²) in [7, 11) is -3.48. The number of amides is 1. The lowest BCUT2D eigenvalue weighted by molar-refractivity contribution is -0.384. The summed E-state index contributed by atoms with van der Waals surface area (Å²) in [5, 5.41) is 10.6. The second-order valence-corrected chi connectivity index (χ2v) is 10.7. The highest BCUT2D eigenvalue weighted by molar-refractivity contribution is 7.92. The van der Waals surface area contributed by atoms with E-state index in [-0.39, 0.29) is 34.1 Å². The number of carbonyl (C=O) groups excluding carboxylic acids is 2. The second-order valence-electron chi connectivity index (χ2n) is 7.22. The van der Waals surface area contributed by atoms with Gasteiger partial charge in [0.15, 0.2) is 14.6 Å². The molecule has 0 aliphatic rings. The third-order valence-corrected chi connectivity index (χ3v) is 7.95. The first kappa shape index (κ1) is 24.3. The number of ether oxygens (including phenoxy) is 1. The first-order valence-corrected chi connectivity index (χ1v) is 12.3. The van der Waals surface area contributed by atoms with Crippen molar-refractivity contribution in [2.75, 3.05) is 6.61 Å². The van der Waals surface area contributed by atoms with Crippen LogP contribution in [0.3, 0.4) is 0 Å². The van der Waals surface area contributed by atoms with E-state index in [1.54, 1.807) is 20.8 Å². The Balaban J connectivity index is 2.07. The average molecular weight is 492 g/mol. The van der Waals surface area contributed by atoms with E-state index in [1.807, 2.05) is 0 Å². The molecule has 174 valence electrons. The number of fused-ring (bicyclic) bond motifs is 1. The van der Waals surface area contributed by atoms with Gasteiger partial charge in [-0.15, -0.1) is 0 Å². The van der Waals surface area contributed by atoms with Crippen molar-refractivity contribution < 1.29 is 27.7 Å². The maximum absolute atomic E-state index is 12.8. The van der Waals surface area contributed by atoms with Crippen molar-refractivity contribution in [3.8, 4) is 0 Å². The van der Waals surface area contributed by atoms with Crippen LogP contribution in [-0.4, -0.2) is 41.6 Å². The molecule has 0 aliphatic carbocycles. The Hall–Kier alpha value is -3.38. The maximum Gasteiger partial charge on any atom is 0.326 e. The van der Waals surface area contributed by atoms with Crippen LogP contribution < -0.4 is 4.80 Å². The topological polar surface area (TPSA) is 138 Å². The summed E-state index contributed by atoms with van der Waals surface area (Å²) in [5.41, 5.74) is 0.355. The Morgan fingerprint density at radius 2 is 1.85 bits per heavy atom. The summed E-state index contributed by atoms with van der Waals surface area (Å²) in [5.74, 6) is -1.23. The largest absolute Gasteiger partial charge is 0.465 e. The van der Waals surface area contributed by atoms with Crippen molar-refractivity contribution in [2.45, 2.75) is 37.5 Å². The molecular formula is C21H21N3O7S2. The lowest BCUT2D eigenvalue weighted by Gasteiger charge is -2.07. The molecule has 0 N–H and O–H groups in total. The zero-order chi connectivity index (χ0) is 24.3. The summed E-state index contributed by atoms with van der Waals surface area (Å²) in [6.07, 6.45) is 0. The normalized spacial score (nSPS) is 12.3. The van der Waals surface area contributed by atoms with Crippen LogP contribution in [0.2, 0.25) is 0 Å². The molecule has 0 saturated heterocycles. The number of carbonyl (C=O) groups is 2. The van der Waals surface area contributed by atoms with Crippen LogP contribution in [-0.2, 0) is 25.9 Å². The number of esters is 1. The molecule has 12 heteroatoms. The fourth-order valence-corrected chi connectivity index (χ4v) is 5.02. The van der Waals surface area contributed by atoms with E-state index in [0.717, 1.165) is 11.3 Å². The quantitative estimate of drug-likeness (QED) is 0.281. The van der Waals surface area contributed by atoms with Crippen LogP contribution in [0, 0.1) is 10.1 Å². The molecule has 2 aromatic carbocycles. The van der Waals surface area contributed by atoms with E-state index in [1.165, 1.54) is 47.0 Å². The summed E-state index contributed by atoms with van der Waals surface area (Å²) in [4.78, 5) is 39.9. The van der Waals surface area contributed by atoms with Crippen LogP contribution in [0.5, 0.6) is 0 Å². The molecule has 0 aliphatic heterocycles. The number of hydrogen-bond acceptors (Lipinski definition) is 8. The Morgan fingerprint density at radius 3 is 2.42 bits per heavy atom. The minimum absolute atomic E-state index is 0.0978. The van der Waals surface area contributed by atoms with Gasteiger partial charge in [0.1, 0.15) is 6.54 Å². The minimum atomic E-state index is -3.48. The molecule has 0 spiro atoms. The molecule has 10 nitrogen and oxygen atoms in total. The molecule has 0 unspecified atom stereocenters. The summed E-state index contributed by atoms with van der Waals surface area (Å²) < 4.78 is 31.5. The van der Waals surface area contributed by atoms with Gasteiger partial charge in [-0.25, -0.2) is 8.42 Å². The van der Waals surface area contributed by atoms with E-state index in [0.29, 0.717) is 10.2 Å². The second kappa shape index (κ2) is 9.63. The average Bonchev–Trinajstić information content (AvgIpc) is 3.09. The van der Waals surface area contributed by atoms with E-state index < -0.39 is 31.9 Å². The fraction of sp³-hybridized carbons (Fsp3) is 0.286. The number of nitro groups is 1. The van der Waals surface area contributed by atoms with E-state index in [2.05, 4.69) is 4.99 Å². The van der Waals surface area contributed by atoms with Gasteiger partial charge < -0.3 is 9.30 Å². The summed E-state index contributed by atoms with van der Waals surface area (Å²) >= 11 is 1.09. The summed E-state index contributed by atoms with van der Waals surface area (Å²) in [6, 6.07) is 9.59. The van der Waals surface area contributed by atoms with Crippen molar-refractivity contribution in [1.82, 2.24) is 4.57 Å². The zero-order valence-corrected chi connectivity index (χ0v) is 19.7. The number of non-ortho nitro benzene ring substituents is 1. The minimum Gasteiger partial charge on any atom is -0.465 e. The first-order chi connectivity index (χ1) is 15.5. The lowest BCUT2D eigenvalue weighted by atomic mass is 10.2. The zero-order valence-electron chi connectivity index (χ0n) is 18.0. The molecule has 0 bridgehead atoms. The Labute approximate surface area is 193 Å². The van der Waals surface area contributed by atoms with Crippen LogP contribution in [0.15, 0.2) is 52.4 Å². The molecule has 0 fully saturated rings. The number of hydrogen-bond donors (Lipinski definition) is 0. The maximum atomic E-state index is 12.8. The van der Waals surface area contributed by atoms with Crippen LogP contribution in [0.1, 0.15) is 31.1 Å². The molecule has 0 saturated carbocycles. The number of benzene rings is 2. The Bertz CT molecular complexity index is 1400. The molecule has 3 aromatic rings. The molecule has 33 heavy (non-hydrogen) atoms. The molecular weight excluding hydrogens is 470 g/mol. The highest BCUT2D eigenvalue weighted by Gasteiger charge is 2.20. The van der Waals surface area contributed by atoms with Crippen molar-refractivity contribution in [3.05, 3.63) is 62.9 Å². The van der Waals surface area contributed by atoms with Gasteiger partial charge in [0, 0.05) is 17.7 Å². The van der Waals surface area contributed by atoms with Gasteiger partial charge in [-0.2, -0.15) is 4.99 Å². The number of sulfone groups is 1. The highest BCUT2D eigenvalue weighted by Crippen LogP contribution is 2.23. The first-order valence-electron chi connectivity index (χ1n) is 9.91. The standard InChI is InChI=1S/C21H21N3O7S2/c1-4-31-19(25)12-23-17-11-15(24(27)28)7-10-18(17)32-21(23)22-20(26)14-5-8-16(9-6-14)33(29,30)13(2)3/h5-11,13H,4,12H2,1-3H3. The van der Waals surface area contributed by atoms with Gasteiger partial charge in [-0.1, -0.05) is 11.3 Å². The van der Waals surface area contributed by atoms with E-state index in [9.17, 15) is 28.1 Å². The van der Waals surface area contributed by atoms with Gasteiger partial charge in [0.25, 0.3) is 11.6 Å². The van der Waals surface area contributed by atoms with Crippen LogP contribution >= 0.6 is 11.3 Å². The van der Waals surface area contributed by atoms with Crippen LogP contribution in [0.25, 0.3) is 10.2 Å². The van der Waals surface area contributed by atoms with Gasteiger partial charge >= 0.3 is 5.97 Å². The van der Waals surface area contributed by atoms with E-state index in [4.69, 9.17) is 4.74 Å². The van der Waals surface area contributed by atoms with Gasteiger partial charge in [-0.05, 0) is 51.1 Å². The molecule has 0 radical (unpaired) electrons. The molecule has 1 aromatic heterocycles. The van der Waals surface area contributed by atoms with Gasteiger partial charge in [-0.3, -0.25) is 19.7 Å². The predicted octanol–water partition coefficient (Wildman–Crippen LogP) is 3.10. The number of aromatic nitrogens is 1. The number of nitro benzene ring substituents is 1. The van der Waals surface area contributed by atoms with Crippen molar-refractivity contribution in [1.29, 1.82) is 0 Å². The highest BCUT2D eigenvalue weighted by atomic mass is 32.2. The monoisotopic (exact) mass is 491 g/mol. The summed E-state index contributed by atoms with van der Waals surface area (Å²) in [6.45, 7) is 4.65. The van der Waals surface area contributed by atoms with Gasteiger partial charge in [0.2, 0.25) is 0 Å². The Kier molecular flexibility index (Phi) is 7.08. The number of thiazole rings is 1. The van der Waals surface area contributed by atoms with Crippen LogP contribution in [0.4, 0.5) is 5.69 Å². The fourth-order valence-electron chi connectivity index (χ4n) is 2.96. The van der Waals surface area contributed by atoms with E-state index >= 15 is 0 Å². The van der Waals surface area contributed by atoms with Crippen molar-refractivity contribution >= 4 is 49.0 Å². The molecule has 1 amide bonds. The Morgan fingerprint density at radius 1 is 1.18 bits per heavy atom.